The number of nitrogens with zero attached hydrogens (tertiary/aromatic N) is 1. The van der Waals surface area contributed by atoms with Crippen molar-refractivity contribution in [3.05, 3.63) is 23.8 Å². The Hall–Kier alpha value is -1.18. The van der Waals surface area contributed by atoms with E-state index in [0.717, 1.165) is 18.0 Å². The minimum Gasteiger partial charge on any atom is -0.399 e. The molecule has 0 aliphatic carbocycles. The van der Waals surface area contributed by atoms with Crippen molar-refractivity contribution in [3.63, 3.8) is 0 Å². The van der Waals surface area contributed by atoms with E-state index in [0.29, 0.717) is 0 Å². The highest BCUT2D eigenvalue weighted by atomic mass is 15.1. The third-order valence-corrected chi connectivity index (χ3v) is 3.66. The Kier molecular flexibility index (Phi) is 3.37. The Bertz CT molecular complexity index is 352. The highest BCUT2D eigenvalue weighted by Crippen LogP contribution is 2.26. The number of hydrogen-bond acceptors (Lipinski definition) is 2. The number of benzene rings is 1. The maximum atomic E-state index is 5.93. The van der Waals surface area contributed by atoms with E-state index < -0.39 is 0 Å². The van der Waals surface area contributed by atoms with E-state index in [9.17, 15) is 0 Å². The van der Waals surface area contributed by atoms with Gasteiger partial charge < -0.3 is 10.6 Å². The maximum Gasteiger partial charge on any atom is 0.0370 e. The molecule has 0 radical (unpaired) electrons. The van der Waals surface area contributed by atoms with Gasteiger partial charge in [-0.1, -0.05) is 13.8 Å². The first-order valence-electron chi connectivity index (χ1n) is 6.34. The molecule has 0 atom stereocenters. The lowest BCUT2D eigenvalue weighted by molar-refractivity contribution is 0.438. The Balaban J connectivity index is 2.14. The summed E-state index contributed by atoms with van der Waals surface area (Å²) in [5, 5.41) is 0. The summed E-state index contributed by atoms with van der Waals surface area (Å²) in [6.07, 6.45) is 3.64. The Morgan fingerprint density at radius 2 is 2.00 bits per heavy atom. The summed E-state index contributed by atoms with van der Waals surface area (Å²) in [6.45, 7) is 6.88. The normalized spacial score (nSPS) is 17.8. The summed E-state index contributed by atoms with van der Waals surface area (Å²) >= 11 is 0. The molecular formula is C14H22N2. The molecule has 2 heteroatoms. The zero-order valence-electron chi connectivity index (χ0n) is 10.4. The van der Waals surface area contributed by atoms with Crippen molar-refractivity contribution in [1.29, 1.82) is 0 Å². The standard InChI is InChI=1S/C14H22N2/c1-3-12-10-13(4-5-14(12)15)16-8-6-11(2)7-9-16/h4-5,10-11H,3,6-9,15H2,1-2H3. The number of anilines is 2. The van der Waals surface area contributed by atoms with Crippen molar-refractivity contribution in [2.75, 3.05) is 23.7 Å². The van der Waals surface area contributed by atoms with Gasteiger partial charge in [0.2, 0.25) is 0 Å². The maximum absolute atomic E-state index is 5.93. The van der Waals surface area contributed by atoms with Crippen LogP contribution in [0.15, 0.2) is 18.2 Å². The third-order valence-electron chi connectivity index (χ3n) is 3.66. The first kappa shape index (κ1) is 11.3. The molecule has 1 aliphatic heterocycles. The van der Waals surface area contributed by atoms with E-state index in [1.807, 2.05) is 6.07 Å². The lowest BCUT2D eigenvalue weighted by Gasteiger charge is -2.32. The smallest absolute Gasteiger partial charge is 0.0370 e. The van der Waals surface area contributed by atoms with Crippen LogP contribution in [0.4, 0.5) is 11.4 Å². The van der Waals surface area contributed by atoms with Crippen LogP contribution < -0.4 is 10.6 Å². The number of rotatable bonds is 2. The van der Waals surface area contributed by atoms with Gasteiger partial charge in [0.25, 0.3) is 0 Å². The second-order valence-electron chi connectivity index (χ2n) is 4.91. The van der Waals surface area contributed by atoms with Gasteiger partial charge in [-0.25, -0.2) is 0 Å². The number of nitrogens with two attached hydrogens (primary N) is 1. The van der Waals surface area contributed by atoms with Gasteiger partial charge in [-0.15, -0.1) is 0 Å². The monoisotopic (exact) mass is 218 g/mol. The highest BCUT2D eigenvalue weighted by Gasteiger charge is 2.16. The first-order valence-corrected chi connectivity index (χ1v) is 6.34. The van der Waals surface area contributed by atoms with Crippen molar-refractivity contribution in [2.45, 2.75) is 33.1 Å². The van der Waals surface area contributed by atoms with Gasteiger partial charge in [-0.05, 0) is 48.9 Å². The highest BCUT2D eigenvalue weighted by molar-refractivity contribution is 5.58. The van der Waals surface area contributed by atoms with E-state index in [2.05, 4.69) is 30.9 Å². The molecule has 0 aromatic heterocycles. The minimum absolute atomic E-state index is 0.885. The molecule has 1 aromatic carbocycles. The van der Waals surface area contributed by atoms with Gasteiger partial charge in [0.1, 0.15) is 0 Å². The molecule has 2 N–H and O–H groups in total. The second-order valence-corrected chi connectivity index (χ2v) is 4.91. The van der Waals surface area contributed by atoms with E-state index in [1.54, 1.807) is 0 Å². The number of piperidine rings is 1. The predicted octanol–water partition coefficient (Wildman–Crippen LogP) is 3.07. The number of hydrogen-bond donors (Lipinski definition) is 1. The zero-order valence-corrected chi connectivity index (χ0v) is 10.4. The molecule has 1 heterocycles. The fourth-order valence-electron chi connectivity index (χ4n) is 2.36. The van der Waals surface area contributed by atoms with Crippen LogP contribution in [-0.2, 0) is 6.42 Å². The topological polar surface area (TPSA) is 29.3 Å². The lowest BCUT2D eigenvalue weighted by Crippen LogP contribution is -2.32. The average Bonchev–Trinajstić information content (AvgIpc) is 2.31. The predicted molar refractivity (Wildman–Crippen MR) is 70.8 cm³/mol. The fourth-order valence-corrected chi connectivity index (χ4v) is 2.36. The van der Waals surface area contributed by atoms with Crippen LogP contribution in [0.5, 0.6) is 0 Å². The van der Waals surface area contributed by atoms with Crippen LogP contribution in [0.3, 0.4) is 0 Å². The van der Waals surface area contributed by atoms with Gasteiger partial charge in [-0.2, -0.15) is 0 Å². The van der Waals surface area contributed by atoms with E-state index in [1.165, 1.54) is 37.2 Å². The summed E-state index contributed by atoms with van der Waals surface area (Å²) in [5.74, 6) is 0.885. The fraction of sp³-hybridized carbons (Fsp3) is 0.571. The van der Waals surface area contributed by atoms with Crippen molar-refractivity contribution >= 4 is 11.4 Å². The Morgan fingerprint density at radius 1 is 1.31 bits per heavy atom. The Labute approximate surface area is 98.4 Å². The average molecular weight is 218 g/mol. The van der Waals surface area contributed by atoms with Crippen LogP contribution >= 0.6 is 0 Å². The molecule has 16 heavy (non-hydrogen) atoms. The lowest BCUT2D eigenvalue weighted by atomic mass is 9.98. The van der Waals surface area contributed by atoms with Crippen molar-refractivity contribution in [1.82, 2.24) is 0 Å². The van der Waals surface area contributed by atoms with Crippen LogP contribution in [0.2, 0.25) is 0 Å². The molecule has 0 saturated carbocycles. The molecular weight excluding hydrogens is 196 g/mol. The van der Waals surface area contributed by atoms with Gasteiger partial charge >= 0.3 is 0 Å². The van der Waals surface area contributed by atoms with Gasteiger partial charge in [-0.3, -0.25) is 0 Å². The molecule has 1 saturated heterocycles. The van der Waals surface area contributed by atoms with Crippen molar-refractivity contribution < 1.29 is 0 Å². The van der Waals surface area contributed by atoms with Crippen LogP contribution in [0.1, 0.15) is 32.3 Å². The summed E-state index contributed by atoms with van der Waals surface area (Å²) in [6, 6.07) is 6.46. The SMILES string of the molecule is CCc1cc(N2CCC(C)CC2)ccc1N. The molecule has 0 unspecified atom stereocenters. The molecule has 1 fully saturated rings. The van der Waals surface area contributed by atoms with Crippen LogP contribution in [-0.4, -0.2) is 13.1 Å². The molecule has 0 spiro atoms. The molecule has 2 rings (SSSR count). The van der Waals surface area contributed by atoms with Gasteiger partial charge in [0, 0.05) is 24.5 Å². The quantitative estimate of drug-likeness (QED) is 0.773. The summed E-state index contributed by atoms with van der Waals surface area (Å²) in [5.41, 5.74) is 9.48. The van der Waals surface area contributed by atoms with Crippen LogP contribution in [0, 0.1) is 5.92 Å². The Morgan fingerprint density at radius 3 is 2.62 bits per heavy atom. The zero-order chi connectivity index (χ0) is 11.5. The summed E-state index contributed by atoms with van der Waals surface area (Å²) in [7, 11) is 0. The third kappa shape index (κ3) is 2.31. The van der Waals surface area contributed by atoms with Crippen molar-refractivity contribution in [2.24, 2.45) is 5.92 Å². The summed E-state index contributed by atoms with van der Waals surface area (Å²) < 4.78 is 0. The molecule has 1 aliphatic rings. The molecule has 0 bridgehead atoms. The molecule has 0 amide bonds. The van der Waals surface area contributed by atoms with E-state index in [-0.39, 0.29) is 0 Å². The van der Waals surface area contributed by atoms with Gasteiger partial charge in [0.05, 0.1) is 0 Å². The first-order chi connectivity index (χ1) is 7.70. The number of nitrogen functional groups attached to an aromatic ring is 1. The molecule has 88 valence electrons. The number of aryl methyl sites for hydroxylation is 1. The van der Waals surface area contributed by atoms with Crippen molar-refractivity contribution in [3.8, 4) is 0 Å². The summed E-state index contributed by atoms with van der Waals surface area (Å²) in [4.78, 5) is 2.48. The largest absolute Gasteiger partial charge is 0.399 e. The van der Waals surface area contributed by atoms with E-state index in [4.69, 9.17) is 5.73 Å². The molecule has 2 nitrogen and oxygen atoms in total. The molecule has 1 aromatic rings. The van der Waals surface area contributed by atoms with Gasteiger partial charge in [0.15, 0.2) is 0 Å². The second kappa shape index (κ2) is 4.77. The van der Waals surface area contributed by atoms with E-state index >= 15 is 0 Å². The van der Waals surface area contributed by atoms with Crippen LogP contribution in [0.25, 0.3) is 0 Å². The minimum atomic E-state index is 0.885.